The van der Waals surface area contributed by atoms with Gasteiger partial charge in [0.2, 0.25) is 0 Å². The van der Waals surface area contributed by atoms with Crippen LogP contribution < -0.4 is 9.41 Å². The van der Waals surface area contributed by atoms with E-state index in [1.165, 1.54) is 29.7 Å². The summed E-state index contributed by atoms with van der Waals surface area (Å²) in [5, 5.41) is 9.10. The van der Waals surface area contributed by atoms with E-state index in [1.807, 2.05) is 37.0 Å². The van der Waals surface area contributed by atoms with Crippen molar-refractivity contribution in [2.45, 2.75) is 58.7 Å². The molecule has 0 atom stereocenters. The van der Waals surface area contributed by atoms with Crippen molar-refractivity contribution in [3.8, 4) is 11.8 Å². The number of nitriles is 1. The molecule has 0 spiro atoms. The molecule has 1 aromatic heterocycles. The molecule has 9 heteroatoms. The molecule has 1 aromatic carbocycles. The Hall–Kier alpha value is -2.60. The van der Waals surface area contributed by atoms with E-state index in [-0.39, 0.29) is 22.4 Å². The number of unbranched alkanes of at least 4 members (excludes halogenated alkanes) is 1. The molecule has 0 radical (unpaired) electrons. The molecule has 5 nitrogen and oxygen atoms in total. The first-order valence-corrected chi connectivity index (χ1v) is 10.3. The third-order valence-corrected chi connectivity index (χ3v) is 5.50. The van der Waals surface area contributed by atoms with Gasteiger partial charge in [-0.3, -0.25) is 8.75 Å². The van der Waals surface area contributed by atoms with E-state index < -0.39 is 18.7 Å². The fourth-order valence-electron chi connectivity index (χ4n) is 2.54. The molecular weight excluding hydrogens is 415 g/mol. The maximum atomic E-state index is 12.9. The zero-order valence-electron chi connectivity index (χ0n) is 17.3. The van der Waals surface area contributed by atoms with Crippen molar-refractivity contribution in [3.63, 3.8) is 0 Å². The zero-order valence-corrected chi connectivity index (χ0v) is 18.2. The van der Waals surface area contributed by atoms with Crippen LogP contribution in [0.2, 0.25) is 0 Å². The largest absolute Gasteiger partial charge is 0.483 e. The summed E-state index contributed by atoms with van der Waals surface area (Å²) < 4.78 is 45.0. The molecule has 0 aliphatic carbocycles. The molecule has 0 saturated heterocycles. The molecule has 1 heterocycles. The summed E-state index contributed by atoms with van der Waals surface area (Å²) in [5.74, 6) is -1.000. The third kappa shape index (κ3) is 6.46. The first-order chi connectivity index (χ1) is 13.9. The monoisotopic (exact) mass is 439 g/mol. The lowest BCUT2D eigenvalue weighted by molar-refractivity contribution is -0.153. The smallest absolute Gasteiger partial charge is 0.422 e. The molecule has 0 aliphatic rings. The highest BCUT2D eigenvalue weighted by atomic mass is 32.1. The fraction of sp³-hybridized carbons (Fsp3) is 0.476. The molecule has 0 saturated carbocycles. The maximum Gasteiger partial charge on any atom is 0.422 e. The summed E-state index contributed by atoms with van der Waals surface area (Å²) >= 11 is 1.32. The normalized spacial score (nSPS) is 12.7. The van der Waals surface area contributed by atoms with Crippen LogP contribution in [-0.2, 0) is 12.0 Å². The quantitative estimate of drug-likeness (QED) is 0.621. The van der Waals surface area contributed by atoms with E-state index in [9.17, 15) is 18.0 Å². The van der Waals surface area contributed by atoms with Crippen LogP contribution in [0.3, 0.4) is 0 Å². The molecule has 0 unspecified atom stereocenters. The van der Waals surface area contributed by atoms with Crippen LogP contribution in [0.4, 0.5) is 13.2 Å². The summed E-state index contributed by atoms with van der Waals surface area (Å²) in [4.78, 5) is 17.1. The second kappa shape index (κ2) is 9.47. The number of hydrogen-bond acceptors (Lipinski definition) is 4. The molecule has 30 heavy (non-hydrogen) atoms. The van der Waals surface area contributed by atoms with Gasteiger partial charge in [0.1, 0.15) is 10.4 Å². The Bertz CT molecular complexity index is 1010. The van der Waals surface area contributed by atoms with Crippen LogP contribution in [-0.4, -0.2) is 22.6 Å². The predicted octanol–water partition coefficient (Wildman–Crippen LogP) is 5.20. The topological polar surface area (TPSA) is 67.4 Å². The number of amides is 1. The van der Waals surface area contributed by atoms with Gasteiger partial charge in [-0.15, -0.1) is 0 Å². The number of halogens is 3. The van der Waals surface area contributed by atoms with Crippen molar-refractivity contribution >= 4 is 17.4 Å². The fourth-order valence-corrected chi connectivity index (χ4v) is 3.58. The second-order valence-electron chi connectivity index (χ2n) is 7.79. The molecule has 2 aromatic rings. The molecule has 0 bridgehead atoms. The lowest BCUT2D eigenvalue weighted by atomic mass is 10.1. The van der Waals surface area contributed by atoms with Gasteiger partial charge in [-0.1, -0.05) is 13.3 Å². The Kier molecular flexibility index (Phi) is 7.48. The van der Waals surface area contributed by atoms with Gasteiger partial charge in [0.05, 0.1) is 17.2 Å². The zero-order chi connectivity index (χ0) is 22.5. The summed E-state index contributed by atoms with van der Waals surface area (Å²) in [6, 6.07) is 5.57. The number of carbonyl (C=O) groups is 1. The highest BCUT2D eigenvalue weighted by Gasteiger charge is 2.29. The van der Waals surface area contributed by atoms with E-state index in [0.717, 1.165) is 24.8 Å². The van der Waals surface area contributed by atoms with Crippen molar-refractivity contribution in [3.05, 3.63) is 45.8 Å². The van der Waals surface area contributed by atoms with Gasteiger partial charge in [-0.25, -0.2) is 0 Å². The van der Waals surface area contributed by atoms with Crippen LogP contribution in [0.5, 0.6) is 5.75 Å². The number of hydrogen-bond donors (Lipinski definition) is 0. The summed E-state index contributed by atoms with van der Waals surface area (Å²) in [7, 11) is 0. The van der Waals surface area contributed by atoms with Gasteiger partial charge in [0.15, 0.2) is 6.61 Å². The predicted molar refractivity (Wildman–Crippen MR) is 109 cm³/mol. The summed E-state index contributed by atoms with van der Waals surface area (Å²) in [5.41, 5.74) is 0.661. The number of aryl methyl sites for hydroxylation is 1. The number of alkyl halides is 3. The lowest BCUT2D eigenvalue weighted by Crippen LogP contribution is -2.20. The van der Waals surface area contributed by atoms with E-state index in [4.69, 9.17) is 10.00 Å². The van der Waals surface area contributed by atoms with E-state index >= 15 is 0 Å². The van der Waals surface area contributed by atoms with Crippen molar-refractivity contribution in [2.75, 3.05) is 6.61 Å². The highest BCUT2D eigenvalue weighted by molar-refractivity contribution is 7.04. The van der Waals surface area contributed by atoms with E-state index in [2.05, 4.69) is 11.9 Å². The number of ether oxygens (including phenoxy) is 1. The number of aromatic nitrogens is 1. The number of nitrogens with zero attached hydrogens (tertiary/aromatic N) is 3. The molecule has 0 N–H and O–H groups in total. The van der Waals surface area contributed by atoms with Gasteiger partial charge in [0, 0.05) is 17.3 Å². The Morgan fingerprint density at radius 2 is 2.00 bits per heavy atom. The van der Waals surface area contributed by atoms with Crippen molar-refractivity contribution in [2.24, 2.45) is 4.99 Å². The molecular formula is C21H24F3N3O2S. The van der Waals surface area contributed by atoms with Gasteiger partial charge in [-0.05, 0) is 63.3 Å². The first kappa shape index (κ1) is 23.7. The number of rotatable bonds is 6. The summed E-state index contributed by atoms with van der Waals surface area (Å²) in [6.45, 7) is 6.60. The Morgan fingerprint density at radius 1 is 1.30 bits per heavy atom. The Balaban J connectivity index is 2.51. The van der Waals surface area contributed by atoms with Crippen molar-refractivity contribution in [1.82, 2.24) is 3.96 Å². The molecule has 0 fully saturated rings. The second-order valence-corrected chi connectivity index (χ2v) is 8.76. The van der Waals surface area contributed by atoms with Gasteiger partial charge < -0.3 is 4.74 Å². The first-order valence-electron chi connectivity index (χ1n) is 9.49. The van der Waals surface area contributed by atoms with Gasteiger partial charge >= 0.3 is 6.18 Å². The SMILES string of the molecule is CCCCc1cn(C(C)(C)C)s/c1=N\C(=O)c1cc(C#N)ccc1OCC(F)(F)F. The van der Waals surface area contributed by atoms with E-state index in [0.29, 0.717) is 4.67 Å². The Morgan fingerprint density at radius 3 is 2.57 bits per heavy atom. The standard InChI is InChI=1S/C21H24F3N3O2S/c1-5-6-7-15-12-27(20(2,3)4)30-19(15)26-18(28)16-10-14(11-25)8-9-17(16)29-13-21(22,23)24/h8-10,12H,5-7,13H2,1-4H3/b26-19-. The average molecular weight is 440 g/mol. The minimum atomic E-state index is -4.55. The van der Waals surface area contributed by atoms with Crippen LogP contribution in [0.25, 0.3) is 0 Å². The van der Waals surface area contributed by atoms with Crippen molar-refractivity contribution in [1.29, 1.82) is 5.26 Å². The maximum absolute atomic E-state index is 12.9. The third-order valence-electron chi connectivity index (χ3n) is 4.13. The average Bonchev–Trinajstić information content (AvgIpc) is 3.07. The van der Waals surface area contributed by atoms with E-state index in [1.54, 1.807) is 0 Å². The highest BCUT2D eigenvalue weighted by Crippen LogP contribution is 2.25. The number of carbonyl (C=O) groups excluding carboxylic acids is 1. The van der Waals surface area contributed by atoms with Crippen LogP contribution in [0, 0.1) is 11.3 Å². The Labute approximate surface area is 177 Å². The summed E-state index contributed by atoms with van der Waals surface area (Å²) in [6.07, 6.45) is 0.0294. The van der Waals surface area contributed by atoms with Crippen LogP contribution >= 0.6 is 11.5 Å². The molecule has 0 aliphatic heterocycles. The van der Waals surface area contributed by atoms with Gasteiger partial charge in [0.25, 0.3) is 5.91 Å². The van der Waals surface area contributed by atoms with Gasteiger partial charge in [-0.2, -0.15) is 23.4 Å². The molecule has 1 amide bonds. The molecule has 2 rings (SSSR count). The molecule has 162 valence electrons. The van der Waals surface area contributed by atoms with Crippen molar-refractivity contribution < 1.29 is 22.7 Å². The minimum absolute atomic E-state index is 0.134. The van der Waals surface area contributed by atoms with Crippen LogP contribution in [0.1, 0.15) is 62.0 Å². The minimum Gasteiger partial charge on any atom is -0.483 e. The van der Waals surface area contributed by atoms with Crippen LogP contribution in [0.15, 0.2) is 29.4 Å². The lowest BCUT2D eigenvalue weighted by Gasteiger charge is -2.19. The number of benzene rings is 1.